The summed E-state index contributed by atoms with van der Waals surface area (Å²) in [5.74, 6) is 0.567. The molecule has 0 fully saturated rings. The number of fused-ring (bicyclic) bond motifs is 1. The van der Waals surface area contributed by atoms with Gasteiger partial charge in [-0.25, -0.2) is 0 Å². The van der Waals surface area contributed by atoms with Gasteiger partial charge < -0.3 is 10.4 Å². The molecule has 4 heteroatoms. The van der Waals surface area contributed by atoms with Gasteiger partial charge in [0, 0.05) is 31.0 Å². The van der Waals surface area contributed by atoms with Crippen molar-refractivity contribution in [2.75, 3.05) is 6.54 Å². The van der Waals surface area contributed by atoms with Gasteiger partial charge in [-0.2, -0.15) is 0 Å². The number of hydrogen-bond acceptors (Lipinski definition) is 3. The van der Waals surface area contributed by atoms with Gasteiger partial charge in [0.2, 0.25) is 5.91 Å². The molecular weight excluding hydrogens is 254 g/mol. The molecule has 4 nitrogen and oxygen atoms in total. The smallest absolute Gasteiger partial charge is 0.216 e. The highest BCUT2D eigenvalue weighted by Gasteiger charge is 2.27. The maximum absolute atomic E-state index is 11.2. The average molecular weight is 275 g/mol. The van der Waals surface area contributed by atoms with Crippen LogP contribution in [0.15, 0.2) is 12.1 Å². The fourth-order valence-corrected chi connectivity index (χ4v) is 2.96. The summed E-state index contributed by atoms with van der Waals surface area (Å²) in [5.41, 5.74) is 2.86. The van der Waals surface area contributed by atoms with Gasteiger partial charge in [-0.05, 0) is 37.7 Å². The molecule has 20 heavy (non-hydrogen) atoms. The number of aryl methyl sites for hydroxylation is 1. The summed E-state index contributed by atoms with van der Waals surface area (Å²) in [5, 5.41) is 13.2. The van der Waals surface area contributed by atoms with Crippen molar-refractivity contribution in [2.45, 2.75) is 45.4 Å². The van der Waals surface area contributed by atoms with E-state index in [4.69, 9.17) is 0 Å². The minimum Gasteiger partial charge on any atom is -0.507 e. The summed E-state index contributed by atoms with van der Waals surface area (Å²) >= 11 is 0. The SMILES string of the molecule is CC(=O)Cc1ccc2c(c1O)C(CCNC(C)=O)CC2. The van der Waals surface area contributed by atoms with E-state index in [-0.39, 0.29) is 29.8 Å². The lowest BCUT2D eigenvalue weighted by Crippen LogP contribution is -2.22. The number of aromatic hydroxyl groups is 1. The van der Waals surface area contributed by atoms with E-state index in [0.29, 0.717) is 12.1 Å². The number of rotatable bonds is 5. The van der Waals surface area contributed by atoms with Gasteiger partial charge in [-0.1, -0.05) is 12.1 Å². The Labute approximate surface area is 119 Å². The van der Waals surface area contributed by atoms with Crippen LogP contribution in [0.1, 0.15) is 49.3 Å². The van der Waals surface area contributed by atoms with Crippen LogP contribution in [0, 0.1) is 0 Å². The molecule has 1 aromatic rings. The zero-order valence-electron chi connectivity index (χ0n) is 12.0. The lowest BCUT2D eigenvalue weighted by Gasteiger charge is -2.15. The normalized spacial score (nSPS) is 16.8. The third-order valence-corrected chi connectivity index (χ3v) is 3.87. The van der Waals surface area contributed by atoms with Crippen molar-refractivity contribution in [2.24, 2.45) is 0 Å². The highest BCUT2D eigenvalue weighted by Crippen LogP contribution is 2.42. The van der Waals surface area contributed by atoms with E-state index in [2.05, 4.69) is 5.32 Å². The summed E-state index contributed by atoms with van der Waals surface area (Å²) in [6, 6.07) is 3.87. The molecule has 0 saturated carbocycles. The molecule has 1 amide bonds. The van der Waals surface area contributed by atoms with E-state index in [0.717, 1.165) is 24.8 Å². The Morgan fingerprint density at radius 3 is 2.75 bits per heavy atom. The molecule has 0 spiro atoms. The number of carbonyl (C=O) groups excluding carboxylic acids is 2. The Morgan fingerprint density at radius 1 is 1.35 bits per heavy atom. The number of hydrogen-bond donors (Lipinski definition) is 2. The lowest BCUT2D eigenvalue weighted by atomic mass is 9.93. The lowest BCUT2D eigenvalue weighted by molar-refractivity contribution is -0.119. The van der Waals surface area contributed by atoms with Gasteiger partial charge in [0.25, 0.3) is 0 Å². The molecule has 0 aromatic heterocycles. The second kappa shape index (κ2) is 6.07. The van der Waals surface area contributed by atoms with Crippen molar-refractivity contribution in [3.63, 3.8) is 0 Å². The van der Waals surface area contributed by atoms with Crippen LogP contribution in [-0.4, -0.2) is 23.3 Å². The molecular formula is C16H21NO3. The van der Waals surface area contributed by atoms with Crippen LogP contribution in [0.3, 0.4) is 0 Å². The molecule has 1 aromatic carbocycles. The van der Waals surface area contributed by atoms with Crippen molar-refractivity contribution in [1.29, 1.82) is 0 Å². The summed E-state index contributed by atoms with van der Waals surface area (Å²) in [7, 11) is 0. The minimum absolute atomic E-state index is 0.0298. The Balaban J connectivity index is 2.16. The molecule has 0 bridgehead atoms. The highest BCUT2D eigenvalue weighted by atomic mass is 16.3. The van der Waals surface area contributed by atoms with Crippen LogP contribution in [0.25, 0.3) is 0 Å². The first-order chi connectivity index (χ1) is 9.49. The minimum atomic E-state index is -0.0298. The predicted octanol–water partition coefficient (Wildman–Crippen LogP) is 2.08. The van der Waals surface area contributed by atoms with E-state index >= 15 is 0 Å². The van der Waals surface area contributed by atoms with E-state index in [9.17, 15) is 14.7 Å². The first kappa shape index (κ1) is 14.6. The van der Waals surface area contributed by atoms with Gasteiger partial charge in [-0.15, -0.1) is 0 Å². The van der Waals surface area contributed by atoms with Crippen LogP contribution in [0.4, 0.5) is 0 Å². The highest BCUT2D eigenvalue weighted by molar-refractivity contribution is 5.79. The van der Waals surface area contributed by atoms with E-state index in [1.165, 1.54) is 19.4 Å². The molecule has 108 valence electrons. The van der Waals surface area contributed by atoms with Gasteiger partial charge in [0.05, 0.1) is 0 Å². The quantitative estimate of drug-likeness (QED) is 0.864. The number of benzene rings is 1. The molecule has 1 atom stereocenters. The van der Waals surface area contributed by atoms with Crippen molar-refractivity contribution >= 4 is 11.7 Å². The number of nitrogens with one attached hydrogen (secondary N) is 1. The maximum atomic E-state index is 11.2. The second-order valence-electron chi connectivity index (χ2n) is 5.53. The summed E-state index contributed by atoms with van der Waals surface area (Å²) < 4.78 is 0. The number of phenolic OH excluding ortho intramolecular Hbond substituents is 1. The van der Waals surface area contributed by atoms with Crippen LogP contribution in [0.5, 0.6) is 5.75 Å². The van der Waals surface area contributed by atoms with Crippen molar-refractivity contribution < 1.29 is 14.7 Å². The number of ketones is 1. The van der Waals surface area contributed by atoms with Gasteiger partial charge in [0.15, 0.2) is 0 Å². The first-order valence-corrected chi connectivity index (χ1v) is 7.06. The standard InChI is InChI=1S/C16H21NO3/c1-10(18)9-14-6-5-12-3-4-13(15(12)16(14)20)7-8-17-11(2)19/h5-6,13,20H,3-4,7-9H2,1-2H3,(H,17,19). The fourth-order valence-electron chi connectivity index (χ4n) is 2.96. The number of amides is 1. The fraction of sp³-hybridized carbons (Fsp3) is 0.500. The second-order valence-corrected chi connectivity index (χ2v) is 5.53. The van der Waals surface area contributed by atoms with Crippen molar-refractivity contribution in [3.05, 3.63) is 28.8 Å². The van der Waals surface area contributed by atoms with Gasteiger partial charge >= 0.3 is 0 Å². The molecule has 1 aliphatic rings. The van der Waals surface area contributed by atoms with Gasteiger partial charge in [-0.3, -0.25) is 9.59 Å². The Bertz CT molecular complexity index is 537. The van der Waals surface area contributed by atoms with Crippen LogP contribution in [-0.2, 0) is 22.4 Å². The van der Waals surface area contributed by atoms with Crippen molar-refractivity contribution in [1.82, 2.24) is 5.32 Å². The third-order valence-electron chi connectivity index (χ3n) is 3.87. The monoisotopic (exact) mass is 275 g/mol. The zero-order chi connectivity index (χ0) is 14.7. The molecule has 0 radical (unpaired) electrons. The van der Waals surface area contributed by atoms with E-state index in [1.807, 2.05) is 12.1 Å². The molecule has 0 saturated heterocycles. The summed E-state index contributed by atoms with van der Waals surface area (Å²) in [6.45, 7) is 3.65. The summed E-state index contributed by atoms with van der Waals surface area (Å²) in [6.07, 6.45) is 3.04. The molecule has 0 aliphatic heterocycles. The number of Topliss-reactive ketones (excluding diaryl/α,β-unsaturated/α-hetero) is 1. The molecule has 2 rings (SSSR count). The van der Waals surface area contributed by atoms with Crippen molar-refractivity contribution in [3.8, 4) is 5.75 Å². The van der Waals surface area contributed by atoms with Gasteiger partial charge in [0.1, 0.15) is 11.5 Å². The predicted molar refractivity (Wildman–Crippen MR) is 76.9 cm³/mol. The first-order valence-electron chi connectivity index (χ1n) is 7.06. The Morgan fingerprint density at radius 2 is 2.10 bits per heavy atom. The Kier molecular flexibility index (Phi) is 4.42. The number of phenols is 1. The summed E-state index contributed by atoms with van der Waals surface area (Å²) in [4.78, 5) is 22.1. The topological polar surface area (TPSA) is 66.4 Å². The van der Waals surface area contributed by atoms with E-state index in [1.54, 1.807) is 0 Å². The molecule has 0 heterocycles. The largest absolute Gasteiger partial charge is 0.507 e. The number of carbonyl (C=O) groups is 2. The third kappa shape index (κ3) is 3.18. The average Bonchev–Trinajstić information content (AvgIpc) is 2.76. The van der Waals surface area contributed by atoms with Crippen LogP contribution >= 0.6 is 0 Å². The Hall–Kier alpha value is -1.84. The molecule has 1 unspecified atom stereocenters. The maximum Gasteiger partial charge on any atom is 0.216 e. The zero-order valence-corrected chi connectivity index (χ0v) is 12.0. The molecule has 2 N–H and O–H groups in total. The van der Waals surface area contributed by atoms with E-state index < -0.39 is 0 Å². The van der Waals surface area contributed by atoms with Crippen LogP contribution < -0.4 is 5.32 Å². The molecule has 1 aliphatic carbocycles. The van der Waals surface area contributed by atoms with Crippen LogP contribution in [0.2, 0.25) is 0 Å².